The van der Waals surface area contributed by atoms with Crippen LogP contribution in [0.4, 0.5) is 5.69 Å². The topological polar surface area (TPSA) is 62.1 Å². The van der Waals surface area contributed by atoms with Gasteiger partial charge in [-0.25, -0.2) is 0 Å². The third kappa shape index (κ3) is 3.97. The largest absolute Gasteiger partial charge is 0.497 e. The molecule has 2 rings (SSSR count). The number of rotatable bonds is 4. The Balaban J connectivity index is 2.17. The highest BCUT2D eigenvalue weighted by atomic mass is 16.5. The van der Waals surface area contributed by atoms with Gasteiger partial charge >= 0.3 is 0 Å². The predicted molar refractivity (Wildman–Crippen MR) is 86.4 cm³/mol. The van der Waals surface area contributed by atoms with E-state index in [4.69, 9.17) is 4.74 Å². The van der Waals surface area contributed by atoms with Gasteiger partial charge in [0.05, 0.1) is 7.11 Å². The lowest BCUT2D eigenvalue weighted by atomic mass is 10.1. The van der Waals surface area contributed by atoms with Crippen molar-refractivity contribution < 1.29 is 9.53 Å². The van der Waals surface area contributed by atoms with Crippen LogP contribution in [0.2, 0.25) is 0 Å². The molecule has 110 valence electrons. The minimum Gasteiger partial charge on any atom is -0.497 e. The van der Waals surface area contributed by atoms with Gasteiger partial charge in [0.15, 0.2) is 0 Å². The maximum Gasteiger partial charge on any atom is 0.266 e. The zero-order chi connectivity index (χ0) is 15.9. The summed E-state index contributed by atoms with van der Waals surface area (Å²) in [7, 11) is 1.58. The number of anilines is 1. The number of nitrogens with zero attached hydrogens (tertiary/aromatic N) is 1. The normalized spacial score (nSPS) is 10.7. The van der Waals surface area contributed by atoms with Crippen molar-refractivity contribution in [3.63, 3.8) is 0 Å². The van der Waals surface area contributed by atoms with Gasteiger partial charge in [0.2, 0.25) is 0 Å². The molecule has 1 N–H and O–H groups in total. The monoisotopic (exact) mass is 292 g/mol. The average molecular weight is 292 g/mol. The summed E-state index contributed by atoms with van der Waals surface area (Å²) >= 11 is 0. The molecule has 0 fully saturated rings. The highest BCUT2D eigenvalue weighted by Gasteiger charge is 2.09. The zero-order valence-corrected chi connectivity index (χ0v) is 12.5. The van der Waals surface area contributed by atoms with Gasteiger partial charge in [-0.3, -0.25) is 4.79 Å². The fraction of sp³-hybridized carbons (Fsp3) is 0.111. The summed E-state index contributed by atoms with van der Waals surface area (Å²) in [6, 6.07) is 16.5. The van der Waals surface area contributed by atoms with Gasteiger partial charge < -0.3 is 10.1 Å². The summed E-state index contributed by atoms with van der Waals surface area (Å²) in [6.07, 6.45) is 1.55. The Morgan fingerprint density at radius 1 is 1.23 bits per heavy atom. The first-order chi connectivity index (χ1) is 10.6. The molecule has 2 aromatic rings. The number of nitriles is 1. The van der Waals surface area contributed by atoms with E-state index in [9.17, 15) is 10.1 Å². The minimum atomic E-state index is -0.427. The van der Waals surface area contributed by atoms with Gasteiger partial charge in [-0.2, -0.15) is 5.26 Å². The summed E-state index contributed by atoms with van der Waals surface area (Å²) < 4.78 is 5.07. The summed E-state index contributed by atoms with van der Waals surface area (Å²) in [4.78, 5) is 12.2. The van der Waals surface area contributed by atoms with Crippen LogP contribution in [-0.2, 0) is 4.79 Å². The average Bonchev–Trinajstić information content (AvgIpc) is 2.53. The number of benzene rings is 2. The summed E-state index contributed by atoms with van der Waals surface area (Å²) in [6.45, 7) is 1.94. The molecule has 2 aromatic carbocycles. The molecule has 0 saturated carbocycles. The van der Waals surface area contributed by atoms with Crippen molar-refractivity contribution in [3.8, 4) is 11.8 Å². The minimum absolute atomic E-state index is 0.0478. The number of amides is 1. The summed E-state index contributed by atoms with van der Waals surface area (Å²) in [5.74, 6) is 0.295. The van der Waals surface area contributed by atoms with E-state index in [-0.39, 0.29) is 5.57 Å². The number of nitrogens with one attached hydrogen (secondary N) is 1. The molecule has 0 aliphatic heterocycles. The molecule has 0 bridgehead atoms. The molecular weight excluding hydrogens is 276 g/mol. The van der Waals surface area contributed by atoms with Crippen molar-refractivity contribution in [3.05, 3.63) is 65.2 Å². The zero-order valence-electron chi connectivity index (χ0n) is 12.5. The fourth-order valence-corrected chi connectivity index (χ4v) is 1.94. The van der Waals surface area contributed by atoms with Crippen molar-refractivity contribution >= 4 is 17.7 Å². The second-order valence-electron chi connectivity index (χ2n) is 4.77. The number of aryl methyl sites for hydroxylation is 1. The third-order valence-electron chi connectivity index (χ3n) is 3.07. The molecule has 0 aromatic heterocycles. The molecule has 4 nitrogen and oxygen atoms in total. The van der Waals surface area contributed by atoms with Crippen molar-refractivity contribution in [1.82, 2.24) is 0 Å². The number of hydrogen-bond acceptors (Lipinski definition) is 3. The van der Waals surface area contributed by atoms with E-state index >= 15 is 0 Å². The Kier molecular flexibility index (Phi) is 4.94. The van der Waals surface area contributed by atoms with E-state index in [2.05, 4.69) is 5.32 Å². The number of methoxy groups -OCH3 is 1. The summed E-state index contributed by atoms with van der Waals surface area (Å²) in [5.41, 5.74) is 2.51. The van der Waals surface area contributed by atoms with Crippen LogP contribution in [-0.4, -0.2) is 13.0 Å². The molecule has 0 saturated heterocycles. The Morgan fingerprint density at radius 2 is 1.95 bits per heavy atom. The quantitative estimate of drug-likeness (QED) is 0.692. The molecule has 0 spiro atoms. The molecule has 0 radical (unpaired) electrons. The second kappa shape index (κ2) is 7.09. The molecule has 0 unspecified atom stereocenters. The van der Waals surface area contributed by atoms with E-state index in [1.807, 2.05) is 31.2 Å². The first-order valence-electron chi connectivity index (χ1n) is 6.76. The van der Waals surface area contributed by atoms with Crippen LogP contribution in [0.3, 0.4) is 0 Å². The Bertz CT molecular complexity index is 740. The van der Waals surface area contributed by atoms with Crippen LogP contribution in [0.15, 0.2) is 54.1 Å². The Labute approximate surface area is 129 Å². The van der Waals surface area contributed by atoms with Gasteiger partial charge in [0, 0.05) is 5.69 Å². The van der Waals surface area contributed by atoms with E-state index < -0.39 is 5.91 Å². The van der Waals surface area contributed by atoms with Crippen molar-refractivity contribution in [1.29, 1.82) is 5.26 Å². The second-order valence-corrected chi connectivity index (χ2v) is 4.77. The van der Waals surface area contributed by atoms with Gasteiger partial charge in [-0.15, -0.1) is 0 Å². The van der Waals surface area contributed by atoms with Crippen LogP contribution in [0.25, 0.3) is 6.08 Å². The van der Waals surface area contributed by atoms with Gasteiger partial charge in [-0.1, -0.05) is 24.3 Å². The Hall–Kier alpha value is -3.06. The number of ether oxygens (including phenoxy) is 1. The lowest BCUT2D eigenvalue weighted by Crippen LogP contribution is -2.13. The van der Waals surface area contributed by atoms with E-state index in [1.54, 1.807) is 43.5 Å². The van der Waals surface area contributed by atoms with E-state index in [0.29, 0.717) is 5.69 Å². The maximum atomic E-state index is 12.2. The molecule has 0 aliphatic rings. The third-order valence-corrected chi connectivity index (χ3v) is 3.07. The highest BCUT2D eigenvalue weighted by Crippen LogP contribution is 2.15. The number of hydrogen-bond donors (Lipinski definition) is 1. The SMILES string of the molecule is COc1ccc(C=C(C#N)C(=O)Nc2cccc(C)c2)cc1. The highest BCUT2D eigenvalue weighted by molar-refractivity contribution is 6.09. The van der Waals surface area contributed by atoms with Crippen molar-refractivity contribution in [2.75, 3.05) is 12.4 Å². The van der Waals surface area contributed by atoms with Crippen molar-refractivity contribution in [2.45, 2.75) is 6.92 Å². The lowest BCUT2D eigenvalue weighted by Gasteiger charge is -2.05. The maximum absolute atomic E-state index is 12.2. The smallest absolute Gasteiger partial charge is 0.266 e. The number of carbonyl (C=O) groups excluding carboxylic acids is 1. The molecule has 0 heterocycles. The first-order valence-corrected chi connectivity index (χ1v) is 6.76. The van der Waals surface area contributed by atoms with Crippen LogP contribution >= 0.6 is 0 Å². The lowest BCUT2D eigenvalue weighted by molar-refractivity contribution is -0.112. The number of carbonyl (C=O) groups is 1. The fourth-order valence-electron chi connectivity index (χ4n) is 1.94. The standard InChI is InChI=1S/C18H16N2O2/c1-13-4-3-5-16(10-13)20-18(21)15(12-19)11-14-6-8-17(22-2)9-7-14/h3-11H,1-2H3,(H,20,21). The van der Waals surface area contributed by atoms with Crippen LogP contribution in [0.1, 0.15) is 11.1 Å². The van der Waals surface area contributed by atoms with Gasteiger partial charge in [0.25, 0.3) is 5.91 Å². The molecule has 0 aliphatic carbocycles. The van der Waals surface area contributed by atoms with E-state index in [0.717, 1.165) is 16.9 Å². The van der Waals surface area contributed by atoms with Crippen LogP contribution in [0.5, 0.6) is 5.75 Å². The van der Waals surface area contributed by atoms with Crippen molar-refractivity contribution in [2.24, 2.45) is 0 Å². The first kappa shape index (κ1) is 15.3. The summed E-state index contributed by atoms with van der Waals surface area (Å²) in [5, 5.41) is 11.9. The molecule has 0 atom stereocenters. The van der Waals surface area contributed by atoms with Crippen LogP contribution in [0, 0.1) is 18.3 Å². The van der Waals surface area contributed by atoms with Crippen LogP contribution < -0.4 is 10.1 Å². The predicted octanol–water partition coefficient (Wildman–Crippen LogP) is 3.55. The molecular formula is C18H16N2O2. The van der Waals surface area contributed by atoms with E-state index in [1.165, 1.54) is 0 Å². The molecule has 1 amide bonds. The Morgan fingerprint density at radius 3 is 2.55 bits per heavy atom. The van der Waals surface area contributed by atoms with Gasteiger partial charge in [0.1, 0.15) is 17.4 Å². The molecule has 22 heavy (non-hydrogen) atoms. The van der Waals surface area contributed by atoms with Gasteiger partial charge in [-0.05, 0) is 48.4 Å². The molecule has 4 heteroatoms.